The molecule has 1 aliphatic rings. The quantitative estimate of drug-likeness (QED) is 0.0236. The summed E-state index contributed by atoms with van der Waals surface area (Å²) in [7, 11) is 0.840. The van der Waals surface area contributed by atoms with Crippen LogP contribution in [0.2, 0.25) is 0 Å². The molecule has 0 aliphatic carbocycles. The van der Waals surface area contributed by atoms with Gasteiger partial charge in [0.25, 0.3) is 11.8 Å². The van der Waals surface area contributed by atoms with Crippen LogP contribution >= 0.6 is 0 Å². The van der Waals surface area contributed by atoms with Gasteiger partial charge in [0.1, 0.15) is 42.4 Å². The second kappa shape index (κ2) is 31.4. The van der Waals surface area contributed by atoms with Crippen molar-refractivity contribution in [1.29, 1.82) is 0 Å². The number of β-amino-alcohol motifs (C(OH)–C–C–N with tert-alkyl or cyclic N) is 1. The zero-order chi connectivity index (χ0) is 52.5. The third-order valence-electron chi connectivity index (χ3n) is 11.3. The van der Waals surface area contributed by atoms with Crippen LogP contribution in [-0.4, -0.2) is 179 Å². The van der Waals surface area contributed by atoms with E-state index in [1.165, 1.54) is 26.8 Å². The monoisotopic (exact) mass is 986 g/mol. The van der Waals surface area contributed by atoms with Crippen molar-refractivity contribution in [2.24, 2.45) is 11.8 Å². The van der Waals surface area contributed by atoms with Crippen molar-refractivity contribution in [2.75, 3.05) is 33.4 Å². The van der Waals surface area contributed by atoms with Gasteiger partial charge in [-0.05, 0) is 39.5 Å². The lowest BCUT2D eigenvalue weighted by molar-refractivity contribution is -0.151. The van der Waals surface area contributed by atoms with E-state index >= 15 is 0 Å². The molecule has 1 rings (SSSR count). The molecule has 69 heavy (non-hydrogen) atoms. The molecule has 1 aliphatic heterocycles. The Morgan fingerprint density at radius 2 is 1.28 bits per heavy atom. The molecule has 0 bridgehead atoms. The summed E-state index contributed by atoms with van der Waals surface area (Å²) in [5.74, 6) is -13.0. The van der Waals surface area contributed by atoms with Crippen molar-refractivity contribution in [3.8, 4) is 0 Å². The topological polar surface area (TPSA) is 389 Å². The predicted molar refractivity (Wildman–Crippen MR) is 245 cm³/mol. The number of methoxy groups -OCH3 is 1. The molecule has 1 fully saturated rings. The third-order valence-corrected chi connectivity index (χ3v) is 11.3. The third kappa shape index (κ3) is 20.4. The molecule has 11 atom stereocenters. The summed E-state index contributed by atoms with van der Waals surface area (Å²) in [5.41, 5.74) is 0.180. The Balaban J connectivity index is 3.80. The van der Waals surface area contributed by atoms with Gasteiger partial charge in [0.2, 0.25) is 47.4 Å². The molecule has 1 heterocycles. The molecular formula is C44H75N9O16. The van der Waals surface area contributed by atoms with Crippen molar-refractivity contribution in [3.05, 3.63) is 11.6 Å². The molecule has 25 nitrogen and oxygen atoms in total. The highest BCUT2D eigenvalue weighted by atomic mass is 16.5. The fourth-order valence-electron chi connectivity index (χ4n) is 6.74. The average molecular weight is 986 g/mol. The Kier molecular flexibility index (Phi) is 27.9. The van der Waals surface area contributed by atoms with Crippen molar-refractivity contribution in [1.82, 2.24) is 47.9 Å². The van der Waals surface area contributed by atoms with Crippen LogP contribution in [0.5, 0.6) is 0 Å². The molecule has 0 spiro atoms. The Hall–Kier alpha value is -5.76. The number of carbonyl (C=O) groups is 10. The number of ether oxygens (including phenoxy) is 1. The highest BCUT2D eigenvalue weighted by Gasteiger charge is 2.41. The maximum Gasteiger partial charge on any atom is 0.338 e. The highest BCUT2D eigenvalue weighted by molar-refractivity contribution is 6.07. The van der Waals surface area contributed by atoms with Crippen LogP contribution in [0.15, 0.2) is 11.6 Å². The number of rotatable bonds is 20. The number of amides is 9. The number of aliphatic hydroxyl groups excluding tert-OH is 5. The van der Waals surface area contributed by atoms with Crippen molar-refractivity contribution < 1.29 is 78.2 Å². The van der Waals surface area contributed by atoms with Gasteiger partial charge in [0.15, 0.2) is 0 Å². The number of unbranched alkanes of at least 4 members (excludes halogenated alkanes) is 4. The first kappa shape index (κ1) is 61.3. The minimum atomic E-state index is -2.29. The lowest BCUT2D eigenvalue weighted by Crippen LogP contribution is -2.65. The molecule has 25 heteroatoms. The van der Waals surface area contributed by atoms with E-state index in [1.54, 1.807) is 6.92 Å². The number of nitrogens with one attached hydrogen (secondary N) is 9. The number of carbonyl (C=O) groups excluding carboxylic acids is 10. The molecule has 5 unspecified atom stereocenters. The first-order valence-electron chi connectivity index (χ1n) is 23.2. The number of allylic oxidation sites excluding steroid dienone is 1. The van der Waals surface area contributed by atoms with Gasteiger partial charge in [-0.2, -0.15) is 0 Å². The van der Waals surface area contributed by atoms with Crippen molar-refractivity contribution in [3.63, 3.8) is 0 Å². The fraction of sp³-hybridized carbons (Fsp3) is 0.727. The molecule has 9 amide bonds. The van der Waals surface area contributed by atoms with Crippen molar-refractivity contribution in [2.45, 2.75) is 160 Å². The number of aliphatic hydroxyl groups is 5. The lowest BCUT2D eigenvalue weighted by Gasteiger charge is -2.32. The smallest absolute Gasteiger partial charge is 0.338 e. The lowest BCUT2D eigenvalue weighted by atomic mass is 9.94. The van der Waals surface area contributed by atoms with E-state index in [4.69, 9.17) is 0 Å². The SMILES string of the molecule is C/C=C(/C)C(=O)NC[C@@H]1NC(=O)C(C(=O)OC)NC(=O)[C@@H](O)CNC(=O)[C@H]([C@@H](C)O)NC(=O)C(C(O)C(O)CNC(=O)C(CCCC)CCCCCC)NC(=O)[C@H](C(C)C)NC(=O)[C@H](CO)NC1=O. The van der Waals surface area contributed by atoms with Gasteiger partial charge in [0, 0.05) is 24.6 Å². The van der Waals surface area contributed by atoms with E-state index < -0.39 is 158 Å². The molecule has 0 saturated carbocycles. The highest BCUT2D eigenvalue weighted by Crippen LogP contribution is 2.18. The fourth-order valence-corrected chi connectivity index (χ4v) is 6.74. The minimum absolute atomic E-state index is 0.180. The van der Waals surface area contributed by atoms with Crippen LogP contribution in [0.1, 0.15) is 99.8 Å². The van der Waals surface area contributed by atoms with Gasteiger partial charge in [-0.15, -0.1) is 0 Å². The zero-order valence-corrected chi connectivity index (χ0v) is 40.7. The summed E-state index contributed by atoms with van der Waals surface area (Å²) in [6, 6.07) is -11.8. The summed E-state index contributed by atoms with van der Waals surface area (Å²) >= 11 is 0. The van der Waals surface area contributed by atoms with Gasteiger partial charge in [-0.25, -0.2) is 4.79 Å². The van der Waals surface area contributed by atoms with Crippen LogP contribution in [0.4, 0.5) is 0 Å². The van der Waals surface area contributed by atoms with E-state index in [9.17, 15) is 73.5 Å². The maximum absolute atomic E-state index is 14.0. The zero-order valence-electron chi connectivity index (χ0n) is 40.7. The van der Waals surface area contributed by atoms with E-state index in [0.29, 0.717) is 12.8 Å². The summed E-state index contributed by atoms with van der Waals surface area (Å²) < 4.78 is 4.61. The van der Waals surface area contributed by atoms with Crippen molar-refractivity contribution >= 4 is 59.1 Å². The van der Waals surface area contributed by atoms with E-state index in [1.807, 2.05) is 12.2 Å². The van der Waals surface area contributed by atoms with Crippen LogP contribution < -0.4 is 47.9 Å². The molecule has 0 radical (unpaired) electrons. The predicted octanol–water partition coefficient (Wildman–Crippen LogP) is -4.71. The number of hydrogen-bond donors (Lipinski definition) is 14. The van der Waals surface area contributed by atoms with Gasteiger partial charge in [-0.1, -0.05) is 72.3 Å². The van der Waals surface area contributed by atoms with E-state index in [0.717, 1.165) is 52.6 Å². The Morgan fingerprint density at radius 3 is 1.84 bits per heavy atom. The minimum Gasteiger partial charge on any atom is -0.467 e. The van der Waals surface area contributed by atoms with Crippen LogP contribution in [0.3, 0.4) is 0 Å². The summed E-state index contributed by atoms with van der Waals surface area (Å²) in [6.07, 6.45) is -0.413. The standard InChI is InChI=1S/C44H75N9O16/c1-9-12-14-15-17-25(16-13-10-2)36(60)46-19-28(56)34(58)32-42(66)51-31(24(7)55)40(64)47-20-29(57)39(63)53-33(44(68)69-8)43(67)48-26(18-45-35(59)23(6)11-3)37(61)49-27(21-54)38(62)50-30(22(4)5)41(65)52-32/h11,22,24-34,54-58H,9-10,12-21H2,1-8H3,(H,45,59)(H,46,60)(H,47,64)(H,48,67)(H,49,61)(H,50,62)(H,51,66)(H,52,65)(H,53,63)/b23-11-/t24-,25?,26+,27+,28?,29+,30+,31+,32?,33?,34?/m1/s1. The first-order valence-corrected chi connectivity index (χ1v) is 23.2. The van der Waals surface area contributed by atoms with E-state index in [2.05, 4.69) is 54.2 Å². The second-order valence-corrected chi connectivity index (χ2v) is 17.1. The van der Waals surface area contributed by atoms with Crippen LogP contribution in [-0.2, 0) is 52.7 Å². The maximum atomic E-state index is 14.0. The molecule has 14 N–H and O–H groups in total. The van der Waals surface area contributed by atoms with Crippen LogP contribution in [0.25, 0.3) is 0 Å². The summed E-state index contributed by atoms with van der Waals surface area (Å²) in [5, 5.41) is 74.3. The molecule has 0 aromatic carbocycles. The molecule has 0 aromatic heterocycles. The van der Waals surface area contributed by atoms with Crippen LogP contribution in [0, 0.1) is 11.8 Å². The molecule has 1 saturated heterocycles. The van der Waals surface area contributed by atoms with Gasteiger partial charge in [-0.3, -0.25) is 43.2 Å². The number of esters is 1. The summed E-state index contributed by atoms with van der Waals surface area (Å²) in [4.78, 5) is 134. The molecule has 392 valence electrons. The second-order valence-electron chi connectivity index (χ2n) is 17.1. The normalized spacial score (nSPS) is 24.8. The van der Waals surface area contributed by atoms with E-state index in [-0.39, 0.29) is 5.57 Å². The van der Waals surface area contributed by atoms with Gasteiger partial charge < -0.3 is 78.1 Å². The Labute approximate surface area is 401 Å². The Bertz CT molecular complexity index is 1800. The van der Waals surface area contributed by atoms with Gasteiger partial charge >= 0.3 is 5.97 Å². The van der Waals surface area contributed by atoms with Gasteiger partial charge in [0.05, 0.1) is 32.5 Å². The molecular weight excluding hydrogens is 911 g/mol. The summed E-state index contributed by atoms with van der Waals surface area (Å²) in [6.45, 7) is 7.53. The molecule has 0 aromatic rings. The average Bonchev–Trinajstić information content (AvgIpc) is 3.32. The Morgan fingerprint density at radius 1 is 0.710 bits per heavy atom. The first-order chi connectivity index (χ1) is 32.5. The number of hydrogen-bond acceptors (Lipinski definition) is 16. The largest absolute Gasteiger partial charge is 0.467 e.